The number of hydrogen-bond donors (Lipinski definition) is 4. The van der Waals surface area contributed by atoms with Crippen molar-refractivity contribution in [1.29, 1.82) is 0 Å². The molecule has 1 atom stereocenters. The summed E-state index contributed by atoms with van der Waals surface area (Å²) in [7, 11) is 0. The van der Waals surface area contributed by atoms with Gasteiger partial charge >= 0.3 is 5.97 Å². The van der Waals surface area contributed by atoms with Gasteiger partial charge in [0, 0.05) is 6.42 Å². The standard InChI is InChI=1S/C11H18N6O2S2/c1-2-19-9(18)6-3-4-7(14-16-10(12)20)8(5-6)15-17-11(13)21/h6H,2-5H2,1H3,(H3,12,16,20)(H3,13,17,21)/b14-7-,15-8-. The first-order valence-electron chi connectivity index (χ1n) is 6.35. The Bertz CT molecular complexity index is 491. The second-order valence-corrected chi connectivity index (χ2v) is 5.14. The van der Waals surface area contributed by atoms with Gasteiger partial charge in [-0.05, 0) is 44.2 Å². The molecule has 0 aromatic carbocycles. The molecule has 0 aromatic rings. The third-order valence-corrected chi connectivity index (χ3v) is 2.91. The molecule has 0 heterocycles. The first-order valence-corrected chi connectivity index (χ1v) is 7.16. The van der Waals surface area contributed by atoms with E-state index in [1.807, 2.05) is 0 Å². The number of carbonyl (C=O) groups is 1. The molecule has 1 fully saturated rings. The summed E-state index contributed by atoms with van der Waals surface area (Å²) in [6, 6.07) is 0. The van der Waals surface area contributed by atoms with Crippen LogP contribution in [0.2, 0.25) is 0 Å². The molecule has 1 saturated carbocycles. The lowest BCUT2D eigenvalue weighted by Crippen LogP contribution is -2.36. The molecule has 8 nitrogen and oxygen atoms in total. The first kappa shape index (κ1) is 17.2. The second kappa shape index (κ2) is 8.47. The molecule has 0 amide bonds. The summed E-state index contributed by atoms with van der Waals surface area (Å²) in [5, 5.41) is 8.23. The van der Waals surface area contributed by atoms with Gasteiger partial charge in [0.1, 0.15) is 0 Å². The zero-order valence-electron chi connectivity index (χ0n) is 11.6. The smallest absolute Gasteiger partial charge is 0.309 e. The van der Waals surface area contributed by atoms with Gasteiger partial charge in [-0.15, -0.1) is 0 Å². The number of nitrogens with one attached hydrogen (secondary N) is 2. The third-order valence-electron chi connectivity index (χ3n) is 2.72. The topological polar surface area (TPSA) is 127 Å². The molecule has 0 aromatic heterocycles. The zero-order chi connectivity index (χ0) is 15.8. The summed E-state index contributed by atoms with van der Waals surface area (Å²) in [4.78, 5) is 11.8. The number of nitrogens with two attached hydrogens (primary N) is 2. The van der Waals surface area contributed by atoms with Crippen LogP contribution in [0.15, 0.2) is 10.2 Å². The van der Waals surface area contributed by atoms with E-state index in [-0.39, 0.29) is 22.1 Å². The van der Waals surface area contributed by atoms with Crippen molar-refractivity contribution < 1.29 is 9.53 Å². The summed E-state index contributed by atoms with van der Waals surface area (Å²) in [6.45, 7) is 2.11. The molecular formula is C11H18N6O2S2. The van der Waals surface area contributed by atoms with Crippen molar-refractivity contribution in [2.45, 2.75) is 26.2 Å². The molecular weight excluding hydrogens is 312 g/mol. The number of rotatable bonds is 4. The van der Waals surface area contributed by atoms with E-state index in [2.05, 4.69) is 21.1 Å². The number of thiocarbonyl (C=S) groups is 2. The highest BCUT2D eigenvalue weighted by molar-refractivity contribution is 7.80. The minimum Gasteiger partial charge on any atom is -0.466 e. The van der Waals surface area contributed by atoms with E-state index in [0.29, 0.717) is 37.3 Å². The largest absolute Gasteiger partial charge is 0.466 e. The fraction of sp³-hybridized carbons (Fsp3) is 0.545. The second-order valence-electron chi connectivity index (χ2n) is 4.26. The van der Waals surface area contributed by atoms with E-state index in [0.717, 1.165) is 0 Å². The van der Waals surface area contributed by atoms with Crippen LogP contribution in [0.1, 0.15) is 26.2 Å². The Morgan fingerprint density at radius 1 is 1.29 bits per heavy atom. The highest BCUT2D eigenvalue weighted by Crippen LogP contribution is 2.22. The van der Waals surface area contributed by atoms with Crippen LogP contribution in [-0.4, -0.2) is 34.2 Å². The number of esters is 1. The molecule has 0 saturated heterocycles. The van der Waals surface area contributed by atoms with Gasteiger partial charge in [0.2, 0.25) is 0 Å². The van der Waals surface area contributed by atoms with Gasteiger partial charge in [-0.1, -0.05) is 0 Å². The molecule has 116 valence electrons. The average Bonchev–Trinajstić information content (AvgIpc) is 2.43. The van der Waals surface area contributed by atoms with E-state index >= 15 is 0 Å². The molecule has 1 aliphatic carbocycles. The Labute approximate surface area is 133 Å². The predicted octanol–water partition coefficient (Wildman–Crippen LogP) is -0.272. The first-order chi connectivity index (χ1) is 9.93. The molecule has 10 heteroatoms. The molecule has 6 N–H and O–H groups in total. The zero-order valence-corrected chi connectivity index (χ0v) is 13.2. The van der Waals surface area contributed by atoms with Crippen molar-refractivity contribution in [3.8, 4) is 0 Å². The summed E-state index contributed by atoms with van der Waals surface area (Å²) >= 11 is 9.40. The maximum atomic E-state index is 11.8. The van der Waals surface area contributed by atoms with Crippen molar-refractivity contribution in [1.82, 2.24) is 10.9 Å². The minimum absolute atomic E-state index is 0.0300. The van der Waals surface area contributed by atoms with Gasteiger partial charge in [0.05, 0.1) is 23.9 Å². The van der Waals surface area contributed by atoms with Crippen LogP contribution in [0, 0.1) is 5.92 Å². The molecule has 0 aliphatic heterocycles. The van der Waals surface area contributed by atoms with Gasteiger partial charge in [0.25, 0.3) is 0 Å². The molecule has 1 rings (SSSR count). The van der Waals surface area contributed by atoms with E-state index in [4.69, 9.17) is 40.6 Å². The third kappa shape index (κ3) is 6.00. The summed E-state index contributed by atoms with van der Waals surface area (Å²) < 4.78 is 5.03. The van der Waals surface area contributed by atoms with Crippen LogP contribution in [0.5, 0.6) is 0 Å². The van der Waals surface area contributed by atoms with E-state index in [9.17, 15) is 4.79 Å². The van der Waals surface area contributed by atoms with Gasteiger partial charge in [-0.25, -0.2) is 0 Å². The fourth-order valence-electron chi connectivity index (χ4n) is 1.85. The van der Waals surface area contributed by atoms with Crippen LogP contribution in [0.4, 0.5) is 0 Å². The van der Waals surface area contributed by atoms with E-state index in [1.54, 1.807) is 6.92 Å². The Morgan fingerprint density at radius 2 is 1.86 bits per heavy atom. The van der Waals surface area contributed by atoms with E-state index < -0.39 is 0 Å². The highest BCUT2D eigenvalue weighted by Gasteiger charge is 2.29. The molecule has 0 bridgehead atoms. The lowest BCUT2D eigenvalue weighted by molar-refractivity contribution is -0.148. The normalized spacial score (nSPS) is 21.9. The summed E-state index contributed by atoms with van der Waals surface area (Å²) in [6.07, 6.45) is 1.53. The Morgan fingerprint density at radius 3 is 2.38 bits per heavy atom. The number of hydrogen-bond acceptors (Lipinski definition) is 6. The summed E-state index contributed by atoms with van der Waals surface area (Å²) in [5.41, 5.74) is 16.9. The molecule has 21 heavy (non-hydrogen) atoms. The molecule has 0 radical (unpaired) electrons. The maximum absolute atomic E-state index is 11.8. The van der Waals surface area contributed by atoms with Crippen molar-refractivity contribution in [3.05, 3.63) is 0 Å². The monoisotopic (exact) mass is 330 g/mol. The highest BCUT2D eigenvalue weighted by atomic mass is 32.1. The predicted molar refractivity (Wildman–Crippen MR) is 88.7 cm³/mol. The quantitative estimate of drug-likeness (QED) is 0.315. The van der Waals surface area contributed by atoms with E-state index in [1.165, 1.54) is 0 Å². The number of ether oxygens (including phenoxy) is 1. The van der Waals surface area contributed by atoms with Gasteiger partial charge < -0.3 is 16.2 Å². The molecule has 1 aliphatic rings. The van der Waals surface area contributed by atoms with Crippen molar-refractivity contribution in [2.24, 2.45) is 27.6 Å². The average molecular weight is 330 g/mol. The number of hydrazone groups is 2. The SMILES string of the molecule is CCOC(=O)C1CCC(=N/NC(N)=S)/C(=N\NC(N)=S)C1. The van der Waals surface area contributed by atoms with Crippen molar-refractivity contribution in [2.75, 3.05) is 6.61 Å². The van der Waals surface area contributed by atoms with Crippen LogP contribution in [0.25, 0.3) is 0 Å². The van der Waals surface area contributed by atoms with Crippen LogP contribution >= 0.6 is 24.4 Å². The van der Waals surface area contributed by atoms with Gasteiger partial charge in [-0.3, -0.25) is 15.6 Å². The Balaban J connectivity index is 2.85. The minimum atomic E-state index is -0.263. The van der Waals surface area contributed by atoms with Crippen molar-refractivity contribution in [3.63, 3.8) is 0 Å². The maximum Gasteiger partial charge on any atom is 0.309 e. The lowest BCUT2D eigenvalue weighted by Gasteiger charge is -2.23. The fourth-order valence-corrected chi connectivity index (χ4v) is 1.94. The molecule has 0 spiro atoms. The van der Waals surface area contributed by atoms with Crippen molar-refractivity contribution >= 4 is 52.1 Å². The summed E-state index contributed by atoms with van der Waals surface area (Å²) in [5.74, 6) is -0.512. The Kier molecular flexibility index (Phi) is 6.96. The molecule has 1 unspecified atom stereocenters. The van der Waals surface area contributed by atoms with Crippen LogP contribution in [0.3, 0.4) is 0 Å². The number of nitrogens with zero attached hydrogens (tertiary/aromatic N) is 2. The van der Waals surface area contributed by atoms with Crippen LogP contribution < -0.4 is 22.3 Å². The Hall–Kier alpha value is -1.81. The van der Waals surface area contributed by atoms with Crippen LogP contribution in [-0.2, 0) is 9.53 Å². The van der Waals surface area contributed by atoms with Gasteiger partial charge in [-0.2, -0.15) is 10.2 Å². The van der Waals surface area contributed by atoms with Gasteiger partial charge in [0.15, 0.2) is 10.2 Å². The lowest BCUT2D eigenvalue weighted by atomic mass is 9.86. The number of carbonyl (C=O) groups excluding carboxylic acids is 1.